The summed E-state index contributed by atoms with van der Waals surface area (Å²) in [5.74, 6) is 2.99. The van der Waals surface area contributed by atoms with Crippen molar-refractivity contribution in [2.45, 2.75) is 59.5 Å². The molecule has 19 heavy (non-hydrogen) atoms. The van der Waals surface area contributed by atoms with Gasteiger partial charge in [0.05, 0.1) is 0 Å². The van der Waals surface area contributed by atoms with Crippen molar-refractivity contribution in [3.8, 4) is 0 Å². The van der Waals surface area contributed by atoms with Crippen molar-refractivity contribution in [3.63, 3.8) is 0 Å². The number of rotatable bonds is 2. The maximum absolute atomic E-state index is 2.81. The minimum Gasteiger partial charge on any atom is -0.298 e. The van der Waals surface area contributed by atoms with Gasteiger partial charge in [0, 0.05) is 38.3 Å². The third kappa shape index (κ3) is 2.58. The molecular weight excluding hydrogens is 232 g/mol. The second-order valence-corrected chi connectivity index (χ2v) is 8.71. The average Bonchev–Trinajstić information content (AvgIpc) is 2.69. The van der Waals surface area contributed by atoms with Crippen LogP contribution in [0, 0.1) is 23.2 Å². The Morgan fingerprint density at radius 2 is 1.42 bits per heavy atom. The SMILES string of the molecule is CC(C)N1CC(N2C[C@H]3CC(C(C)(C)C)C[C@H]3C2)C1. The molecule has 0 N–H and O–H groups in total. The highest BCUT2D eigenvalue weighted by atomic mass is 15.3. The molecule has 3 aliphatic rings. The molecule has 0 bridgehead atoms. The van der Waals surface area contributed by atoms with Gasteiger partial charge < -0.3 is 0 Å². The lowest BCUT2D eigenvalue weighted by atomic mass is 9.79. The standard InChI is InChI=1S/C17H32N2/c1-12(2)18-10-16(11-18)19-8-13-6-15(17(3,4)5)7-14(13)9-19/h12-16H,6-11H2,1-5H3/t13-,14+,15?. The van der Waals surface area contributed by atoms with Gasteiger partial charge in [0.1, 0.15) is 0 Å². The van der Waals surface area contributed by atoms with E-state index in [0.717, 1.165) is 29.8 Å². The summed E-state index contributed by atoms with van der Waals surface area (Å²) in [5.41, 5.74) is 0.528. The van der Waals surface area contributed by atoms with Gasteiger partial charge in [-0.15, -0.1) is 0 Å². The second kappa shape index (κ2) is 4.73. The van der Waals surface area contributed by atoms with Crippen LogP contribution in [-0.2, 0) is 0 Å². The smallest absolute Gasteiger partial charge is 0.0350 e. The van der Waals surface area contributed by atoms with Gasteiger partial charge in [-0.2, -0.15) is 0 Å². The first-order valence-electron chi connectivity index (χ1n) is 8.32. The van der Waals surface area contributed by atoms with Gasteiger partial charge in [-0.25, -0.2) is 0 Å². The minimum atomic E-state index is 0.528. The molecule has 1 aliphatic carbocycles. The Balaban J connectivity index is 1.50. The van der Waals surface area contributed by atoms with Crippen LogP contribution in [-0.4, -0.2) is 48.1 Å². The third-order valence-corrected chi connectivity index (χ3v) is 6.14. The minimum absolute atomic E-state index is 0.528. The first-order chi connectivity index (χ1) is 8.84. The fourth-order valence-corrected chi connectivity index (χ4v) is 4.48. The number of fused-ring (bicyclic) bond motifs is 1. The van der Waals surface area contributed by atoms with E-state index in [1.54, 1.807) is 0 Å². The zero-order chi connectivity index (χ0) is 13.8. The van der Waals surface area contributed by atoms with E-state index < -0.39 is 0 Å². The van der Waals surface area contributed by atoms with Crippen LogP contribution in [0.2, 0.25) is 0 Å². The van der Waals surface area contributed by atoms with Gasteiger partial charge in [-0.1, -0.05) is 20.8 Å². The van der Waals surface area contributed by atoms with Crippen LogP contribution in [0.4, 0.5) is 0 Å². The highest BCUT2D eigenvalue weighted by Gasteiger charge is 2.47. The van der Waals surface area contributed by atoms with Gasteiger partial charge in [0.15, 0.2) is 0 Å². The predicted octanol–water partition coefficient (Wildman–Crippen LogP) is 3.08. The van der Waals surface area contributed by atoms with Gasteiger partial charge in [-0.3, -0.25) is 9.80 Å². The fraction of sp³-hybridized carbons (Fsp3) is 1.00. The van der Waals surface area contributed by atoms with Gasteiger partial charge in [0.2, 0.25) is 0 Å². The summed E-state index contributed by atoms with van der Waals surface area (Å²) >= 11 is 0. The third-order valence-electron chi connectivity index (χ3n) is 6.14. The Hall–Kier alpha value is -0.0800. The van der Waals surface area contributed by atoms with Gasteiger partial charge in [0.25, 0.3) is 0 Å². The van der Waals surface area contributed by atoms with E-state index in [4.69, 9.17) is 0 Å². The lowest BCUT2D eigenvalue weighted by Crippen LogP contribution is -2.60. The molecule has 0 aromatic carbocycles. The number of hydrogen-bond acceptors (Lipinski definition) is 2. The summed E-state index contributed by atoms with van der Waals surface area (Å²) in [6.07, 6.45) is 2.98. The summed E-state index contributed by atoms with van der Waals surface area (Å²) in [7, 11) is 0. The topological polar surface area (TPSA) is 6.48 Å². The molecule has 2 aliphatic heterocycles. The molecule has 1 unspecified atom stereocenters. The highest BCUT2D eigenvalue weighted by Crippen LogP contribution is 2.48. The van der Waals surface area contributed by atoms with Gasteiger partial charge >= 0.3 is 0 Å². The zero-order valence-electron chi connectivity index (χ0n) is 13.5. The molecule has 2 heterocycles. The molecule has 0 aromatic heterocycles. The summed E-state index contributed by atoms with van der Waals surface area (Å²) in [4.78, 5) is 5.42. The highest BCUT2D eigenvalue weighted by molar-refractivity contribution is 5.00. The first kappa shape index (κ1) is 13.9. The molecule has 0 radical (unpaired) electrons. The van der Waals surface area contributed by atoms with Crippen LogP contribution in [0.25, 0.3) is 0 Å². The van der Waals surface area contributed by atoms with Crippen LogP contribution < -0.4 is 0 Å². The van der Waals surface area contributed by atoms with E-state index in [9.17, 15) is 0 Å². The average molecular weight is 264 g/mol. The van der Waals surface area contributed by atoms with Crippen molar-refractivity contribution in [2.75, 3.05) is 26.2 Å². The first-order valence-corrected chi connectivity index (χ1v) is 8.32. The summed E-state index contributed by atoms with van der Waals surface area (Å²) in [5, 5.41) is 0. The molecular formula is C17H32N2. The Morgan fingerprint density at radius 3 is 1.84 bits per heavy atom. The maximum atomic E-state index is 2.81. The van der Waals surface area contributed by atoms with E-state index in [-0.39, 0.29) is 0 Å². The lowest BCUT2D eigenvalue weighted by Gasteiger charge is -2.46. The summed E-state index contributed by atoms with van der Waals surface area (Å²) in [6, 6.07) is 1.62. The maximum Gasteiger partial charge on any atom is 0.0350 e. The monoisotopic (exact) mass is 264 g/mol. The molecule has 3 rings (SSSR count). The Kier molecular flexibility index (Phi) is 3.46. The van der Waals surface area contributed by atoms with E-state index in [2.05, 4.69) is 44.4 Å². The van der Waals surface area contributed by atoms with Gasteiger partial charge in [-0.05, 0) is 49.9 Å². The lowest BCUT2D eigenvalue weighted by molar-refractivity contribution is 0.0202. The van der Waals surface area contributed by atoms with E-state index >= 15 is 0 Å². The molecule has 3 atom stereocenters. The van der Waals surface area contributed by atoms with Crippen LogP contribution in [0.1, 0.15) is 47.5 Å². The van der Waals surface area contributed by atoms with Crippen molar-refractivity contribution < 1.29 is 0 Å². The molecule has 2 nitrogen and oxygen atoms in total. The Labute approximate surface area is 119 Å². The number of hydrogen-bond donors (Lipinski definition) is 0. The molecule has 1 saturated carbocycles. The quantitative estimate of drug-likeness (QED) is 0.756. The zero-order valence-corrected chi connectivity index (χ0v) is 13.5. The van der Waals surface area contributed by atoms with Crippen LogP contribution in [0.5, 0.6) is 0 Å². The van der Waals surface area contributed by atoms with E-state index in [0.29, 0.717) is 5.41 Å². The van der Waals surface area contributed by atoms with E-state index in [1.807, 2.05) is 0 Å². The molecule has 2 heteroatoms. The van der Waals surface area contributed by atoms with Crippen molar-refractivity contribution in [3.05, 3.63) is 0 Å². The van der Waals surface area contributed by atoms with Crippen LogP contribution in [0.3, 0.4) is 0 Å². The van der Waals surface area contributed by atoms with Crippen molar-refractivity contribution in [2.24, 2.45) is 23.2 Å². The molecule has 3 fully saturated rings. The number of likely N-dealkylation sites (tertiary alicyclic amines) is 2. The van der Waals surface area contributed by atoms with Crippen molar-refractivity contribution >= 4 is 0 Å². The Bertz CT molecular complexity index is 311. The molecule has 0 aromatic rings. The van der Waals surface area contributed by atoms with Crippen LogP contribution >= 0.6 is 0 Å². The second-order valence-electron chi connectivity index (χ2n) is 8.71. The number of nitrogens with zero attached hydrogens (tertiary/aromatic N) is 2. The molecule has 0 amide bonds. The largest absolute Gasteiger partial charge is 0.298 e. The summed E-state index contributed by atoms with van der Waals surface area (Å²) < 4.78 is 0. The van der Waals surface area contributed by atoms with Crippen molar-refractivity contribution in [1.82, 2.24) is 9.80 Å². The summed E-state index contributed by atoms with van der Waals surface area (Å²) in [6.45, 7) is 17.4. The molecule has 110 valence electrons. The van der Waals surface area contributed by atoms with E-state index in [1.165, 1.54) is 39.0 Å². The normalized spacial score (nSPS) is 37.9. The predicted molar refractivity (Wildman–Crippen MR) is 81.2 cm³/mol. The Morgan fingerprint density at radius 1 is 0.895 bits per heavy atom. The van der Waals surface area contributed by atoms with Crippen LogP contribution in [0.15, 0.2) is 0 Å². The van der Waals surface area contributed by atoms with Crippen molar-refractivity contribution in [1.29, 1.82) is 0 Å². The molecule has 2 saturated heterocycles. The molecule has 0 spiro atoms. The fourth-order valence-electron chi connectivity index (χ4n) is 4.48.